The summed E-state index contributed by atoms with van der Waals surface area (Å²) in [5.41, 5.74) is 9.86. The lowest BCUT2D eigenvalue weighted by molar-refractivity contribution is 0.163. The van der Waals surface area contributed by atoms with Crippen LogP contribution in [0.5, 0.6) is 0 Å². The fourth-order valence-corrected chi connectivity index (χ4v) is 2.27. The molecule has 2 aromatic rings. The highest BCUT2D eigenvalue weighted by atomic mass is 16.2. The second-order valence-electron chi connectivity index (χ2n) is 5.46. The van der Waals surface area contributed by atoms with Gasteiger partial charge in [-0.25, -0.2) is 20.0 Å². The predicted octanol–water partition coefficient (Wildman–Crippen LogP) is 1.45. The van der Waals surface area contributed by atoms with E-state index in [0.717, 1.165) is 5.56 Å². The Morgan fingerprint density at radius 2 is 1.96 bits per heavy atom. The molecule has 0 fully saturated rings. The zero-order valence-corrected chi connectivity index (χ0v) is 14.0. The topological polar surface area (TPSA) is 111 Å². The van der Waals surface area contributed by atoms with Crippen LogP contribution in [-0.4, -0.2) is 40.0 Å². The minimum absolute atomic E-state index is 0.240. The second kappa shape index (κ2) is 7.99. The summed E-state index contributed by atoms with van der Waals surface area (Å²) < 4.78 is 0. The number of aromatic nitrogens is 1. The monoisotopic (exact) mass is 351 g/mol. The fraction of sp³-hybridized carbons (Fsp3) is 0.118. The van der Waals surface area contributed by atoms with Crippen LogP contribution >= 0.6 is 0 Å². The minimum atomic E-state index is -0.652. The number of hydrazine groups is 2. The number of carbonyl (C=O) groups is 2. The molecule has 9 heteroatoms. The van der Waals surface area contributed by atoms with Gasteiger partial charge in [-0.05, 0) is 19.1 Å². The average molecular weight is 351 g/mol. The van der Waals surface area contributed by atoms with Gasteiger partial charge in [0.1, 0.15) is 0 Å². The van der Waals surface area contributed by atoms with Crippen molar-refractivity contribution in [2.45, 2.75) is 6.92 Å². The summed E-state index contributed by atoms with van der Waals surface area (Å²) >= 11 is 0. The van der Waals surface area contributed by atoms with Gasteiger partial charge in [-0.3, -0.25) is 10.4 Å². The van der Waals surface area contributed by atoms with Crippen molar-refractivity contribution in [3.63, 3.8) is 0 Å². The van der Waals surface area contributed by atoms with Crippen molar-refractivity contribution in [1.29, 1.82) is 0 Å². The van der Waals surface area contributed by atoms with Crippen molar-refractivity contribution >= 4 is 23.5 Å². The average Bonchev–Trinajstić information content (AvgIpc) is 2.68. The standard InChI is InChI=1S/C17H17N7O2/c1-12-11-24(17(26)22-20-12)23-21-16(25)19-15(13-6-3-2-4-7-13)14-8-5-9-18-10-14/h2-10,23H,11H2,1H3,(H,21,25)(H,22,26)/b19-15+. The molecule has 9 nitrogen and oxygen atoms in total. The molecule has 0 radical (unpaired) electrons. The Kier molecular flexibility index (Phi) is 5.30. The molecule has 0 bridgehead atoms. The van der Waals surface area contributed by atoms with Crippen LogP contribution in [-0.2, 0) is 0 Å². The molecule has 1 aliphatic rings. The van der Waals surface area contributed by atoms with Crippen LogP contribution < -0.4 is 16.4 Å². The number of benzene rings is 1. The van der Waals surface area contributed by atoms with E-state index < -0.39 is 12.1 Å². The number of hydrogen-bond acceptors (Lipinski definition) is 5. The largest absolute Gasteiger partial charge is 0.357 e. The maximum Gasteiger partial charge on any atom is 0.357 e. The first-order valence-corrected chi connectivity index (χ1v) is 7.84. The van der Waals surface area contributed by atoms with Gasteiger partial charge in [0.25, 0.3) is 0 Å². The van der Waals surface area contributed by atoms with Crippen molar-refractivity contribution in [3.8, 4) is 0 Å². The maximum atomic E-state index is 12.3. The van der Waals surface area contributed by atoms with Crippen LogP contribution in [0.2, 0.25) is 0 Å². The van der Waals surface area contributed by atoms with Crippen LogP contribution in [0.25, 0.3) is 0 Å². The lowest BCUT2D eigenvalue weighted by Gasteiger charge is -2.25. The SMILES string of the molecule is CC1=NNC(=O)N(NNC(=O)/N=C(\c2ccccc2)c2cccnc2)C1. The summed E-state index contributed by atoms with van der Waals surface area (Å²) in [6, 6.07) is 11.8. The molecule has 1 aromatic carbocycles. The highest BCUT2D eigenvalue weighted by Crippen LogP contribution is 2.10. The molecule has 4 amide bonds. The van der Waals surface area contributed by atoms with E-state index in [0.29, 0.717) is 17.0 Å². The van der Waals surface area contributed by atoms with E-state index in [-0.39, 0.29) is 6.54 Å². The smallest absolute Gasteiger partial charge is 0.264 e. The van der Waals surface area contributed by atoms with Crippen LogP contribution in [0.3, 0.4) is 0 Å². The first kappa shape index (κ1) is 17.2. The van der Waals surface area contributed by atoms with Gasteiger partial charge in [-0.15, -0.1) is 5.53 Å². The maximum absolute atomic E-state index is 12.3. The molecule has 1 aromatic heterocycles. The van der Waals surface area contributed by atoms with E-state index in [2.05, 4.69) is 31.5 Å². The third kappa shape index (κ3) is 4.28. The Balaban J connectivity index is 1.76. The first-order chi connectivity index (χ1) is 12.6. The van der Waals surface area contributed by atoms with Gasteiger partial charge in [0, 0.05) is 23.5 Å². The van der Waals surface area contributed by atoms with Gasteiger partial charge in [0.2, 0.25) is 0 Å². The van der Waals surface area contributed by atoms with E-state index in [1.165, 1.54) is 5.01 Å². The number of carbonyl (C=O) groups excluding carboxylic acids is 2. The fourth-order valence-electron chi connectivity index (χ4n) is 2.27. The van der Waals surface area contributed by atoms with Crippen molar-refractivity contribution in [2.24, 2.45) is 10.1 Å². The Hall–Kier alpha value is -3.59. The third-order valence-corrected chi connectivity index (χ3v) is 3.47. The third-order valence-electron chi connectivity index (χ3n) is 3.47. The van der Waals surface area contributed by atoms with E-state index in [1.807, 2.05) is 36.4 Å². The van der Waals surface area contributed by atoms with Gasteiger partial charge in [-0.1, -0.05) is 30.3 Å². The van der Waals surface area contributed by atoms with E-state index in [4.69, 9.17) is 0 Å². The number of hydrazone groups is 1. The van der Waals surface area contributed by atoms with E-state index in [9.17, 15) is 9.59 Å². The van der Waals surface area contributed by atoms with Crippen LogP contribution in [0.15, 0.2) is 65.0 Å². The number of nitrogens with zero attached hydrogens (tertiary/aromatic N) is 4. The number of rotatable bonds is 4. The van der Waals surface area contributed by atoms with E-state index in [1.54, 1.807) is 25.4 Å². The molecule has 0 saturated heterocycles. The molecule has 3 N–H and O–H groups in total. The van der Waals surface area contributed by atoms with Gasteiger partial charge >= 0.3 is 12.1 Å². The highest BCUT2D eigenvalue weighted by molar-refractivity contribution is 6.16. The molecular formula is C17H17N7O2. The number of hydrogen-bond donors (Lipinski definition) is 3. The van der Waals surface area contributed by atoms with E-state index >= 15 is 0 Å². The lowest BCUT2D eigenvalue weighted by Crippen LogP contribution is -2.57. The molecule has 0 unspecified atom stereocenters. The molecule has 1 aliphatic heterocycles. The van der Waals surface area contributed by atoms with Crippen LogP contribution in [0.4, 0.5) is 9.59 Å². The van der Waals surface area contributed by atoms with Crippen molar-refractivity contribution in [2.75, 3.05) is 6.54 Å². The zero-order chi connectivity index (χ0) is 18.4. The summed E-state index contributed by atoms with van der Waals surface area (Å²) in [7, 11) is 0. The van der Waals surface area contributed by atoms with Gasteiger partial charge in [0.15, 0.2) is 0 Å². The summed E-state index contributed by atoms with van der Waals surface area (Å²) in [5.74, 6) is 0. The Morgan fingerprint density at radius 3 is 2.69 bits per heavy atom. The molecule has 0 spiro atoms. The molecule has 0 atom stereocenters. The molecule has 26 heavy (non-hydrogen) atoms. The summed E-state index contributed by atoms with van der Waals surface area (Å²) in [4.78, 5) is 32.1. The number of aliphatic imine (C=N–C) groups is 1. The second-order valence-corrected chi connectivity index (χ2v) is 5.46. The van der Waals surface area contributed by atoms with Crippen LogP contribution in [0.1, 0.15) is 18.1 Å². The van der Waals surface area contributed by atoms with Gasteiger partial charge < -0.3 is 0 Å². The molecular weight excluding hydrogens is 334 g/mol. The highest BCUT2D eigenvalue weighted by Gasteiger charge is 2.19. The Morgan fingerprint density at radius 1 is 1.19 bits per heavy atom. The van der Waals surface area contributed by atoms with Gasteiger partial charge in [0.05, 0.1) is 18.0 Å². The molecule has 0 aliphatic carbocycles. The quantitative estimate of drug-likeness (QED) is 0.572. The van der Waals surface area contributed by atoms with Crippen LogP contribution in [0, 0.1) is 0 Å². The first-order valence-electron chi connectivity index (χ1n) is 7.84. The molecule has 132 valence electrons. The normalized spacial score (nSPS) is 14.5. The summed E-state index contributed by atoms with van der Waals surface area (Å²) in [6.45, 7) is 1.99. The van der Waals surface area contributed by atoms with Gasteiger partial charge in [-0.2, -0.15) is 10.1 Å². The van der Waals surface area contributed by atoms with Crippen molar-refractivity contribution in [1.82, 2.24) is 26.4 Å². The minimum Gasteiger partial charge on any atom is -0.264 e. The number of urea groups is 2. The predicted molar refractivity (Wildman–Crippen MR) is 96.3 cm³/mol. The molecule has 2 heterocycles. The Labute approximate surface area is 149 Å². The zero-order valence-electron chi connectivity index (χ0n) is 14.0. The number of nitrogens with one attached hydrogen (secondary N) is 3. The number of amides is 4. The Bertz CT molecular complexity index is 808. The summed E-state index contributed by atoms with van der Waals surface area (Å²) in [6.07, 6.45) is 3.27. The molecule has 0 saturated carbocycles. The molecule has 3 rings (SSSR count). The lowest BCUT2D eigenvalue weighted by atomic mass is 10.0. The summed E-state index contributed by atoms with van der Waals surface area (Å²) in [5, 5.41) is 4.99. The van der Waals surface area contributed by atoms with Crippen molar-refractivity contribution < 1.29 is 9.59 Å². The number of pyridine rings is 1. The van der Waals surface area contributed by atoms with Crippen molar-refractivity contribution in [3.05, 3.63) is 66.0 Å².